The van der Waals surface area contributed by atoms with Crippen molar-refractivity contribution in [3.05, 3.63) is 59.2 Å². The third kappa shape index (κ3) is 4.44. The maximum atomic E-state index is 12.4. The van der Waals surface area contributed by atoms with E-state index in [1.165, 1.54) is 0 Å². The number of ether oxygens (including phenoxy) is 2. The molecule has 148 valence electrons. The van der Waals surface area contributed by atoms with Crippen LogP contribution in [0.25, 0.3) is 0 Å². The van der Waals surface area contributed by atoms with Crippen molar-refractivity contribution in [2.24, 2.45) is 0 Å². The van der Waals surface area contributed by atoms with Gasteiger partial charge in [0.05, 0.1) is 18.4 Å². The van der Waals surface area contributed by atoms with Crippen molar-refractivity contribution < 1.29 is 19.1 Å². The molecular weight excluding hydrogens is 356 g/mol. The molecule has 0 atom stereocenters. The monoisotopic (exact) mass is 382 g/mol. The van der Waals surface area contributed by atoms with Crippen LogP contribution < -0.4 is 9.64 Å². The Labute approximate surface area is 165 Å². The first-order valence-electron chi connectivity index (χ1n) is 9.39. The molecule has 6 nitrogen and oxygen atoms in total. The van der Waals surface area contributed by atoms with Crippen LogP contribution in [0.1, 0.15) is 21.5 Å². The first kappa shape index (κ1) is 19.7. The standard InChI is InChI=1S/C22H26N2O4/c1-16-8-9-18(17(2)14-16)22(26)28-15-21(25)24-12-10-23(11-13-24)19-6-4-5-7-20(19)27-3/h4-9,14H,10-13,15H2,1-3H3. The van der Waals surface area contributed by atoms with Crippen molar-refractivity contribution in [1.29, 1.82) is 0 Å². The minimum Gasteiger partial charge on any atom is -0.495 e. The van der Waals surface area contributed by atoms with Gasteiger partial charge in [0.1, 0.15) is 5.75 Å². The third-order valence-electron chi connectivity index (χ3n) is 4.99. The molecule has 1 aliphatic heterocycles. The van der Waals surface area contributed by atoms with Gasteiger partial charge in [0, 0.05) is 26.2 Å². The van der Waals surface area contributed by atoms with Crippen LogP contribution in [0.4, 0.5) is 5.69 Å². The molecule has 0 aliphatic carbocycles. The lowest BCUT2D eigenvalue weighted by Gasteiger charge is -2.36. The third-order valence-corrected chi connectivity index (χ3v) is 4.99. The van der Waals surface area contributed by atoms with Crippen LogP contribution in [0.2, 0.25) is 0 Å². The number of para-hydroxylation sites is 2. The van der Waals surface area contributed by atoms with Gasteiger partial charge in [0.25, 0.3) is 5.91 Å². The molecule has 1 saturated heterocycles. The van der Waals surface area contributed by atoms with Crippen molar-refractivity contribution in [1.82, 2.24) is 4.90 Å². The zero-order chi connectivity index (χ0) is 20.1. The second-order valence-corrected chi connectivity index (χ2v) is 6.93. The lowest BCUT2D eigenvalue weighted by atomic mass is 10.1. The van der Waals surface area contributed by atoms with Crippen molar-refractivity contribution in [2.75, 3.05) is 44.8 Å². The van der Waals surface area contributed by atoms with Crippen LogP contribution in [0.5, 0.6) is 5.75 Å². The summed E-state index contributed by atoms with van der Waals surface area (Å²) in [5.74, 6) is 0.195. The summed E-state index contributed by atoms with van der Waals surface area (Å²) >= 11 is 0. The van der Waals surface area contributed by atoms with Crippen LogP contribution >= 0.6 is 0 Å². The van der Waals surface area contributed by atoms with Gasteiger partial charge in [0.2, 0.25) is 0 Å². The van der Waals surface area contributed by atoms with Gasteiger partial charge in [-0.2, -0.15) is 0 Å². The summed E-state index contributed by atoms with van der Waals surface area (Å²) < 4.78 is 10.7. The molecule has 28 heavy (non-hydrogen) atoms. The van der Waals surface area contributed by atoms with Gasteiger partial charge in [0.15, 0.2) is 6.61 Å². The summed E-state index contributed by atoms with van der Waals surface area (Å²) in [6, 6.07) is 13.4. The summed E-state index contributed by atoms with van der Waals surface area (Å²) in [7, 11) is 1.66. The van der Waals surface area contributed by atoms with Crippen LogP contribution in [0.15, 0.2) is 42.5 Å². The van der Waals surface area contributed by atoms with Crippen LogP contribution in [-0.4, -0.2) is 56.7 Å². The van der Waals surface area contributed by atoms with Gasteiger partial charge in [-0.3, -0.25) is 4.79 Å². The average molecular weight is 382 g/mol. The van der Waals surface area contributed by atoms with Crippen molar-refractivity contribution in [3.63, 3.8) is 0 Å². The van der Waals surface area contributed by atoms with Gasteiger partial charge in [-0.1, -0.05) is 29.8 Å². The van der Waals surface area contributed by atoms with E-state index in [0.717, 1.165) is 22.6 Å². The van der Waals surface area contributed by atoms with E-state index in [1.54, 1.807) is 18.1 Å². The number of benzene rings is 2. The number of piperazine rings is 1. The number of hydrogen-bond acceptors (Lipinski definition) is 5. The van der Waals surface area contributed by atoms with Gasteiger partial charge in [-0.25, -0.2) is 4.79 Å². The van der Waals surface area contributed by atoms with Gasteiger partial charge < -0.3 is 19.3 Å². The second kappa shape index (κ2) is 8.78. The minimum absolute atomic E-state index is 0.169. The van der Waals surface area contributed by atoms with E-state index < -0.39 is 5.97 Å². The average Bonchev–Trinajstić information content (AvgIpc) is 2.72. The Morgan fingerprint density at radius 2 is 1.71 bits per heavy atom. The number of rotatable bonds is 5. The molecule has 1 heterocycles. The Kier molecular flexibility index (Phi) is 6.19. The highest BCUT2D eigenvalue weighted by Gasteiger charge is 2.24. The second-order valence-electron chi connectivity index (χ2n) is 6.93. The van der Waals surface area contributed by atoms with E-state index in [-0.39, 0.29) is 12.5 Å². The largest absolute Gasteiger partial charge is 0.495 e. The number of carbonyl (C=O) groups excluding carboxylic acids is 2. The first-order chi connectivity index (χ1) is 13.5. The SMILES string of the molecule is COc1ccccc1N1CCN(C(=O)COC(=O)c2ccc(C)cc2C)CC1. The van der Waals surface area contributed by atoms with E-state index >= 15 is 0 Å². The summed E-state index contributed by atoms with van der Waals surface area (Å²) in [4.78, 5) is 28.6. The summed E-state index contributed by atoms with van der Waals surface area (Å²) in [5.41, 5.74) is 3.46. The summed E-state index contributed by atoms with van der Waals surface area (Å²) in [6.07, 6.45) is 0. The van der Waals surface area contributed by atoms with E-state index in [2.05, 4.69) is 4.90 Å². The fraction of sp³-hybridized carbons (Fsp3) is 0.364. The normalized spacial score (nSPS) is 14.0. The molecule has 1 aliphatic rings. The lowest BCUT2D eigenvalue weighted by Crippen LogP contribution is -2.50. The van der Waals surface area contributed by atoms with Crippen LogP contribution in [0, 0.1) is 13.8 Å². The number of anilines is 1. The van der Waals surface area contributed by atoms with E-state index in [1.807, 2.05) is 50.2 Å². The molecule has 3 rings (SSSR count). The molecule has 2 aromatic rings. The zero-order valence-electron chi connectivity index (χ0n) is 16.6. The number of hydrogen-bond donors (Lipinski definition) is 0. The smallest absolute Gasteiger partial charge is 0.338 e. The van der Waals surface area contributed by atoms with Gasteiger partial charge in [-0.15, -0.1) is 0 Å². The topological polar surface area (TPSA) is 59.1 Å². The molecule has 2 aromatic carbocycles. The number of carbonyl (C=O) groups is 2. The Hall–Kier alpha value is -3.02. The Morgan fingerprint density at radius 3 is 2.39 bits per heavy atom. The van der Waals surface area contributed by atoms with E-state index in [0.29, 0.717) is 31.7 Å². The van der Waals surface area contributed by atoms with Crippen molar-refractivity contribution >= 4 is 17.6 Å². The van der Waals surface area contributed by atoms with Gasteiger partial charge in [-0.05, 0) is 37.6 Å². The van der Waals surface area contributed by atoms with Gasteiger partial charge >= 0.3 is 5.97 Å². The van der Waals surface area contributed by atoms with Crippen molar-refractivity contribution in [3.8, 4) is 5.75 Å². The Bertz CT molecular complexity index is 857. The molecule has 0 saturated carbocycles. The maximum absolute atomic E-state index is 12.4. The number of esters is 1. The predicted molar refractivity (Wildman–Crippen MR) is 108 cm³/mol. The maximum Gasteiger partial charge on any atom is 0.338 e. The molecule has 0 bridgehead atoms. The van der Waals surface area contributed by atoms with Crippen molar-refractivity contribution in [2.45, 2.75) is 13.8 Å². The number of amides is 1. The lowest BCUT2D eigenvalue weighted by molar-refractivity contribution is -0.134. The first-order valence-corrected chi connectivity index (χ1v) is 9.39. The van der Waals surface area contributed by atoms with E-state index in [4.69, 9.17) is 9.47 Å². The van der Waals surface area contributed by atoms with E-state index in [9.17, 15) is 9.59 Å². The zero-order valence-corrected chi connectivity index (χ0v) is 16.6. The summed E-state index contributed by atoms with van der Waals surface area (Å²) in [5, 5.41) is 0. The highest BCUT2D eigenvalue weighted by Crippen LogP contribution is 2.28. The molecular formula is C22H26N2O4. The number of aryl methyl sites for hydroxylation is 2. The molecule has 1 amide bonds. The fourth-order valence-electron chi connectivity index (χ4n) is 3.43. The number of nitrogens with zero attached hydrogens (tertiary/aromatic N) is 2. The highest BCUT2D eigenvalue weighted by atomic mass is 16.5. The minimum atomic E-state index is -0.460. The Balaban J connectivity index is 1.52. The summed E-state index contributed by atoms with van der Waals surface area (Å²) in [6.45, 7) is 6.17. The highest BCUT2D eigenvalue weighted by molar-refractivity contribution is 5.92. The molecule has 1 fully saturated rings. The van der Waals surface area contributed by atoms with Crippen LogP contribution in [0.3, 0.4) is 0 Å². The predicted octanol–water partition coefficient (Wildman–Crippen LogP) is 2.82. The fourth-order valence-corrected chi connectivity index (χ4v) is 3.43. The quantitative estimate of drug-likeness (QED) is 0.745. The Morgan fingerprint density at radius 1 is 1.00 bits per heavy atom. The molecule has 0 radical (unpaired) electrons. The number of methoxy groups -OCH3 is 1. The molecule has 0 unspecified atom stereocenters. The molecule has 0 spiro atoms. The van der Waals surface area contributed by atoms with Crippen LogP contribution in [-0.2, 0) is 9.53 Å². The molecule has 6 heteroatoms. The molecule has 0 aromatic heterocycles. The molecule has 0 N–H and O–H groups in total.